The fraction of sp³-hybridized carbons (Fsp3) is 0.520. The van der Waals surface area contributed by atoms with Gasteiger partial charge in [-0.05, 0) is 75.6 Å². The molecule has 2 aliphatic rings. The summed E-state index contributed by atoms with van der Waals surface area (Å²) in [5, 5.41) is 7.55. The maximum Gasteiger partial charge on any atom is 0.224 e. The lowest BCUT2D eigenvalue weighted by Crippen LogP contribution is -2.29. The minimum atomic E-state index is -0.218. The topological polar surface area (TPSA) is 120 Å². The average molecular weight is 498 g/mol. The molecular formula is C25H32ClN7O2. The number of ether oxygens (including phenoxy) is 1. The number of aryl methyl sites for hydroxylation is 2. The number of hydrogen-bond acceptors (Lipinski definition) is 7. The number of nitrogens with one attached hydrogen (secondary N) is 2. The van der Waals surface area contributed by atoms with Crippen LogP contribution in [0, 0.1) is 19.8 Å². The first-order valence-corrected chi connectivity index (χ1v) is 12.7. The molecule has 2 fully saturated rings. The van der Waals surface area contributed by atoms with E-state index in [4.69, 9.17) is 32.0 Å². The van der Waals surface area contributed by atoms with Crippen molar-refractivity contribution in [3.63, 3.8) is 0 Å². The summed E-state index contributed by atoms with van der Waals surface area (Å²) >= 11 is 6.58. The van der Waals surface area contributed by atoms with E-state index in [9.17, 15) is 4.79 Å². The largest absolute Gasteiger partial charge is 0.381 e. The molecule has 10 heteroatoms. The highest BCUT2D eigenvalue weighted by atomic mass is 35.5. The quantitative estimate of drug-likeness (QED) is 0.453. The number of nitrogens with zero attached hydrogens (tertiary/aromatic N) is 4. The Balaban J connectivity index is 1.51. The van der Waals surface area contributed by atoms with Crippen LogP contribution in [0.4, 0.5) is 17.6 Å². The average Bonchev–Trinajstić information content (AvgIpc) is 3.20. The van der Waals surface area contributed by atoms with Crippen LogP contribution < -0.4 is 16.4 Å². The Bertz CT molecular complexity index is 1230. The Morgan fingerprint density at radius 1 is 1.09 bits per heavy atom. The number of carbonyl (C=O) groups excluding carboxylic acids is 1. The molecule has 1 amide bonds. The minimum Gasteiger partial charge on any atom is -0.381 e. The van der Waals surface area contributed by atoms with Crippen LogP contribution in [0.1, 0.15) is 55.7 Å². The molecule has 2 aromatic heterocycles. The number of aromatic nitrogens is 4. The highest BCUT2D eigenvalue weighted by Crippen LogP contribution is 2.38. The molecule has 4 N–H and O–H groups in total. The number of anilines is 3. The van der Waals surface area contributed by atoms with Crippen molar-refractivity contribution in [2.75, 3.05) is 23.8 Å². The predicted octanol–water partition coefficient (Wildman–Crippen LogP) is 4.65. The maximum atomic E-state index is 11.7. The summed E-state index contributed by atoms with van der Waals surface area (Å²) in [6.07, 6.45) is 6.76. The Labute approximate surface area is 209 Å². The zero-order valence-corrected chi connectivity index (χ0v) is 20.9. The van der Waals surface area contributed by atoms with Crippen LogP contribution in [0.25, 0.3) is 11.2 Å². The molecule has 1 aliphatic carbocycles. The summed E-state index contributed by atoms with van der Waals surface area (Å²) in [7, 11) is 0. The van der Waals surface area contributed by atoms with Crippen LogP contribution in [-0.2, 0) is 9.53 Å². The Morgan fingerprint density at radius 2 is 1.80 bits per heavy atom. The molecule has 35 heavy (non-hydrogen) atoms. The molecule has 186 valence electrons. The third kappa shape index (κ3) is 5.06. The van der Waals surface area contributed by atoms with Gasteiger partial charge in [-0.2, -0.15) is 4.98 Å². The fourth-order valence-corrected chi connectivity index (χ4v) is 5.30. The van der Waals surface area contributed by atoms with E-state index >= 15 is 0 Å². The third-order valence-electron chi connectivity index (χ3n) is 7.28. The van der Waals surface area contributed by atoms with Crippen LogP contribution in [0.3, 0.4) is 0 Å². The summed E-state index contributed by atoms with van der Waals surface area (Å²) in [4.78, 5) is 26.0. The molecule has 1 aromatic carbocycles. The smallest absolute Gasteiger partial charge is 0.224 e. The number of imidazole rings is 1. The molecule has 1 saturated carbocycles. The lowest BCUT2D eigenvalue weighted by Gasteiger charge is -2.29. The summed E-state index contributed by atoms with van der Waals surface area (Å²) in [6.45, 7) is 5.59. The van der Waals surface area contributed by atoms with E-state index in [0.717, 1.165) is 74.2 Å². The molecule has 5 rings (SSSR count). The Kier molecular flexibility index (Phi) is 6.80. The number of primary amides is 1. The van der Waals surface area contributed by atoms with Crippen LogP contribution in [0.15, 0.2) is 18.3 Å². The lowest BCUT2D eigenvalue weighted by molar-refractivity contribution is -0.122. The second-order valence-electron chi connectivity index (χ2n) is 9.69. The van der Waals surface area contributed by atoms with Gasteiger partial charge in [0.2, 0.25) is 17.8 Å². The molecule has 0 radical (unpaired) electrons. The zero-order valence-electron chi connectivity index (χ0n) is 20.2. The van der Waals surface area contributed by atoms with E-state index in [2.05, 4.69) is 27.1 Å². The number of fused-ring (bicyclic) bond motifs is 1. The first-order chi connectivity index (χ1) is 16.9. The number of nitrogens with two attached hydrogens (primary N) is 1. The van der Waals surface area contributed by atoms with Crippen molar-refractivity contribution in [1.82, 2.24) is 19.5 Å². The number of halogens is 1. The molecule has 0 bridgehead atoms. The van der Waals surface area contributed by atoms with E-state index in [-0.39, 0.29) is 23.9 Å². The number of hydrogen-bond donors (Lipinski definition) is 3. The molecule has 3 heterocycles. The molecule has 0 unspecified atom stereocenters. The predicted molar refractivity (Wildman–Crippen MR) is 137 cm³/mol. The number of amides is 1. The van der Waals surface area contributed by atoms with Gasteiger partial charge in [-0.3, -0.25) is 9.36 Å². The van der Waals surface area contributed by atoms with Gasteiger partial charge in [0.15, 0.2) is 5.65 Å². The van der Waals surface area contributed by atoms with Gasteiger partial charge in [0, 0.05) is 31.2 Å². The molecular weight excluding hydrogens is 466 g/mol. The minimum absolute atomic E-state index is 0.0768. The second-order valence-corrected chi connectivity index (χ2v) is 10.1. The van der Waals surface area contributed by atoms with Gasteiger partial charge in [0.05, 0.1) is 16.9 Å². The van der Waals surface area contributed by atoms with E-state index < -0.39 is 0 Å². The van der Waals surface area contributed by atoms with Gasteiger partial charge in [-0.25, -0.2) is 9.97 Å². The van der Waals surface area contributed by atoms with Crippen molar-refractivity contribution >= 4 is 46.3 Å². The van der Waals surface area contributed by atoms with Crippen LogP contribution in [0.2, 0.25) is 5.02 Å². The van der Waals surface area contributed by atoms with Crippen molar-refractivity contribution in [3.8, 4) is 0 Å². The van der Waals surface area contributed by atoms with Gasteiger partial charge >= 0.3 is 0 Å². The first-order valence-electron chi connectivity index (χ1n) is 12.3. The van der Waals surface area contributed by atoms with Crippen LogP contribution >= 0.6 is 11.6 Å². The number of carbonyl (C=O) groups is 1. The highest BCUT2D eigenvalue weighted by molar-refractivity contribution is 6.33. The van der Waals surface area contributed by atoms with Gasteiger partial charge in [-0.15, -0.1) is 0 Å². The molecule has 1 aliphatic heterocycles. The van der Waals surface area contributed by atoms with Gasteiger partial charge < -0.3 is 21.1 Å². The molecule has 1 saturated heterocycles. The Hall–Kier alpha value is -2.91. The van der Waals surface area contributed by atoms with Crippen molar-refractivity contribution < 1.29 is 9.53 Å². The second kappa shape index (κ2) is 9.99. The maximum absolute atomic E-state index is 11.7. The normalized spacial score (nSPS) is 21.2. The highest BCUT2D eigenvalue weighted by Gasteiger charge is 2.29. The first kappa shape index (κ1) is 23.8. The summed E-state index contributed by atoms with van der Waals surface area (Å²) in [5.41, 5.74) is 10.1. The summed E-state index contributed by atoms with van der Waals surface area (Å²) < 4.78 is 7.62. The summed E-state index contributed by atoms with van der Waals surface area (Å²) in [5.74, 6) is 0.966. The van der Waals surface area contributed by atoms with Crippen molar-refractivity contribution in [3.05, 3.63) is 34.5 Å². The van der Waals surface area contributed by atoms with E-state index in [1.165, 1.54) is 0 Å². The molecule has 9 nitrogen and oxygen atoms in total. The molecule has 3 aromatic rings. The van der Waals surface area contributed by atoms with Gasteiger partial charge in [0.25, 0.3) is 0 Å². The summed E-state index contributed by atoms with van der Waals surface area (Å²) in [6, 6.07) is 4.42. The van der Waals surface area contributed by atoms with E-state index in [0.29, 0.717) is 22.4 Å². The molecule has 0 atom stereocenters. The molecule has 0 spiro atoms. The van der Waals surface area contributed by atoms with Crippen LogP contribution in [0.5, 0.6) is 0 Å². The Morgan fingerprint density at radius 3 is 2.51 bits per heavy atom. The number of benzene rings is 1. The SMILES string of the molecule is Cc1cc(Cl)c(Nc2nc3cnc(NC4CCOCC4)nc3n2[C@H]2CC[C@H](C(N)=O)CC2)cc1C. The van der Waals surface area contributed by atoms with Crippen LogP contribution in [-0.4, -0.2) is 44.7 Å². The standard InChI is InChI=1S/C25H32ClN7O2/c1-14-11-19(26)20(12-15(14)2)30-25-31-21-13-28-24(29-17-7-9-35-10-8-17)32-23(21)33(25)18-5-3-16(4-6-18)22(27)34/h11-13,16-18H,3-10H2,1-2H3,(H2,27,34)(H,30,31)(H,28,29,32)/t16-,18-. The van der Waals surface area contributed by atoms with Gasteiger partial charge in [0.1, 0.15) is 5.52 Å². The number of rotatable bonds is 6. The zero-order chi connectivity index (χ0) is 24.5. The van der Waals surface area contributed by atoms with Gasteiger partial charge in [-0.1, -0.05) is 11.6 Å². The third-order valence-corrected chi connectivity index (χ3v) is 7.59. The van der Waals surface area contributed by atoms with Crippen molar-refractivity contribution in [1.29, 1.82) is 0 Å². The van der Waals surface area contributed by atoms with E-state index in [1.807, 2.05) is 19.1 Å². The lowest BCUT2D eigenvalue weighted by atomic mass is 9.85. The van der Waals surface area contributed by atoms with E-state index in [1.54, 1.807) is 6.20 Å². The van der Waals surface area contributed by atoms with Crippen molar-refractivity contribution in [2.24, 2.45) is 11.7 Å². The van der Waals surface area contributed by atoms with Crippen molar-refractivity contribution in [2.45, 2.75) is 64.5 Å². The fourth-order valence-electron chi connectivity index (χ4n) is 5.03. The monoisotopic (exact) mass is 497 g/mol.